The van der Waals surface area contributed by atoms with Gasteiger partial charge in [0.05, 0.1) is 12.2 Å². The number of hydrogen-bond donors (Lipinski definition) is 1. The Labute approximate surface area is 206 Å². The fourth-order valence-corrected chi connectivity index (χ4v) is 4.80. The highest BCUT2D eigenvalue weighted by atomic mass is 16.5. The van der Waals surface area contributed by atoms with Crippen LogP contribution >= 0.6 is 0 Å². The highest BCUT2D eigenvalue weighted by Crippen LogP contribution is 2.29. The lowest BCUT2D eigenvalue weighted by molar-refractivity contribution is 0.00693. The molecular formula is C31H56O2. The summed E-state index contributed by atoms with van der Waals surface area (Å²) in [6.07, 6.45) is 24.9. The van der Waals surface area contributed by atoms with Gasteiger partial charge in [0.1, 0.15) is 0 Å². The molecule has 1 atom stereocenters. The van der Waals surface area contributed by atoms with E-state index in [9.17, 15) is 5.11 Å². The van der Waals surface area contributed by atoms with E-state index in [0.717, 1.165) is 45.3 Å². The minimum absolute atomic E-state index is 0.418. The maximum Gasteiger partial charge on any atom is 0.0716 e. The lowest BCUT2D eigenvalue weighted by Gasteiger charge is -2.29. The smallest absolute Gasteiger partial charge is 0.0716 e. The van der Waals surface area contributed by atoms with Crippen LogP contribution in [0.25, 0.3) is 0 Å². The largest absolute Gasteiger partial charge is 0.390 e. The maximum absolute atomic E-state index is 11.4. The first kappa shape index (κ1) is 30.2. The number of benzene rings is 1. The highest BCUT2D eigenvalue weighted by Gasteiger charge is 2.25. The van der Waals surface area contributed by atoms with Crippen LogP contribution in [-0.4, -0.2) is 17.3 Å². The normalized spacial score (nSPS) is 13.3. The summed E-state index contributed by atoms with van der Waals surface area (Å²) in [5.74, 6) is 0. The summed E-state index contributed by atoms with van der Waals surface area (Å²) in [5.41, 5.74) is 0.834. The van der Waals surface area contributed by atoms with Gasteiger partial charge in [-0.2, -0.15) is 0 Å². The first-order valence-corrected chi connectivity index (χ1v) is 14.5. The zero-order valence-corrected chi connectivity index (χ0v) is 22.3. The van der Waals surface area contributed by atoms with Crippen LogP contribution in [0.4, 0.5) is 0 Å². The molecule has 0 spiro atoms. The Kier molecular flexibility index (Phi) is 19.8. The van der Waals surface area contributed by atoms with Gasteiger partial charge >= 0.3 is 0 Å². The van der Waals surface area contributed by atoms with Crippen molar-refractivity contribution in [1.29, 1.82) is 0 Å². The minimum Gasteiger partial charge on any atom is -0.390 e. The molecule has 0 bridgehead atoms. The molecule has 0 radical (unpaired) electrons. The minimum atomic E-state index is -0.418. The molecule has 0 aromatic heterocycles. The summed E-state index contributed by atoms with van der Waals surface area (Å²) in [6, 6.07) is 10.4. The topological polar surface area (TPSA) is 29.5 Å². The van der Waals surface area contributed by atoms with Crippen molar-refractivity contribution in [2.75, 3.05) is 6.61 Å². The van der Waals surface area contributed by atoms with Gasteiger partial charge in [-0.3, -0.25) is 0 Å². The van der Waals surface area contributed by atoms with Crippen LogP contribution in [0, 0.1) is 0 Å². The van der Waals surface area contributed by atoms with Crippen LogP contribution in [0.2, 0.25) is 0 Å². The molecule has 0 heterocycles. The van der Waals surface area contributed by atoms with Crippen LogP contribution in [0.15, 0.2) is 30.3 Å². The molecule has 33 heavy (non-hydrogen) atoms. The summed E-state index contributed by atoms with van der Waals surface area (Å²) in [7, 11) is 0. The Morgan fingerprint density at radius 3 is 1.52 bits per heavy atom. The molecular weight excluding hydrogens is 404 g/mol. The van der Waals surface area contributed by atoms with E-state index in [0.29, 0.717) is 0 Å². The number of rotatable bonds is 24. The predicted octanol–water partition coefficient (Wildman–Crippen LogP) is 9.78. The van der Waals surface area contributed by atoms with Crippen molar-refractivity contribution in [3.63, 3.8) is 0 Å². The second kappa shape index (κ2) is 21.7. The fraction of sp³-hybridized carbons (Fsp3) is 0.806. The van der Waals surface area contributed by atoms with Gasteiger partial charge in [0.2, 0.25) is 0 Å². The monoisotopic (exact) mass is 460 g/mol. The number of ether oxygens (including phenoxy) is 1. The predicted molar refractivity (Wildman–Crippen MR) is 145 cm³/mol. The van der Waals surface area contributed by atoms with Gasteiger partial charge in [0.25, 0.3) is 0 Å². The molecule has 2 nitrogen and oxygen atoms in total. The fourth-order valence-electron chi connectivity index (χ4n) is 4.80. The van der Waals surface area contributed by atoms with Crippen molar-refractivity contribution < 1.29 is 9.84 Å². The van der Waals surface area contributed by atoms with E-state index in [2.05, 4.69) is 38.1 Å². The Balaban J connectivity index is 2.13. The Bertz CT molecular complexity index is 515. The molecule has 0 saturated carbocycles. The molecule has 0 saturated heterocycles. The average Bonchev–Trinajstić information content (AvgIpc) is 2.83. The molecule has 1 N–H and O–H groups in total. The summed E-state index contributed by atoms with van der Waals surface area (Å²) >= 11 is 0. The van der Waals surface area contributed by atoms with Crippen molar-refractivity contribution >= 4 is 0 Å². The number of hydrogen-bond acceptors (Lipinski definition) is 2. The van der Waals surface area contributed by atoms with Gasteiger partial charge in [-0.05, 0) is 31.2 Å². The van der Waals surface area contributed by atoms with Gasteiger partial charge in [-0.25, -0.2) is 0 Å². The van der Waals surface area contributed by atoms with Crippen LogP contribution in [0.5, 0.6) is 0 Å². The lowest BCUT2D eigenvalue weighted by atomic mass is 9.85. The molecule has 1 unspecified atom stereocenters. The van der Waals surface area contributed by atoms with Gasteiger partial charge in [-0.1, -0.05) is 147 Å². The Morgan fingerprint density at radius 1 is 0.576 bits per heavy atom. The third-order valence-electron chi connectivity index (χ3n) is 7.03. The summed E-state index contributed by atoms with van der Waals surface area (Å²) in [5, 5.41) is 11.4. The molecule has 0 amide bonds. The second-order valence-corrected chi connectivity index (χ2v) is 10.3. The van der Waals surface area contributed by atoms with Gasteiger partial charge in [0.15, 0.2) is 0 Å². The quantitative estimate of drug-likeness (QED) is 0.155. The van der Waals surface area contributed by atoms with E-state index in [4.69, 9.17) is 4.74 Å². The van der Waals surface area contributed by atoms with Crippen molar-refractivity contribution in [3.8, 4) is 0 Å². The van der Waals surface area contributed by atoms with Gasteiger partial charge in [0, 0.05) is 6.61 Å². The average molecular weight is 461 g/mol. The van der Waals surface area contributed by atoms with E-state index in [1.165, 1.54) is 102 Å². The standard InChI is InChI=1S/C31H56O2/c1-3-5-7-9-10-11-12-13-20-26-31(32,25-19-8-6-4-2)27-21-14-15-22-28-33-29-30-23-17-16-18-24-30/h16-18,23-24,32H,3-15,19-22,25-29H2,1-2H3. The Hall–Kier alpha value is -0.860. The molecule has 0 aliphatic carbocycles. The second-order valence-electron chi connectivity index (χ2n) is 10.3. The third kappa shape index (κ3) is 18.2. The van der Waals surface area contributed by atoms with Crippen molar-refractivity contribution in [1.82, 2.24) is 0 Å². The SMILES string of the molecule is CCCCCCCCCCCC(O)(CCCCCC)CCCCCCOCc1ccccc1. The van der Waals surface area contributed by atoms with Crippen molar-refractivity contribution in [2.24, 2.45) is 0 Å². The molecule has 1 aromatic rings. The first-order chi connectivity index (χ1) is 16.2. The zero-order chi connectivity index (χ0) is 23.9. The zero-order valence-electron chi connectivity index (χ0n) is 22.3. The summed E-state index contributed by atoms with van der Waals surface area (Å²) < 4.78 is 5.81. The van der Waals surface area contributed by atoms with E-state index in [1.54, 1.807) is 0 Å². The molecule has 0 fully saturated rings. The van der Waals surface area contributed by atoms with Crippen LogP contribution in [0.1, 0.15) is 148 Å². The molecule has 1 rings (SSSR count). The van der Waals surface area contributed by atoms with Gasteiger partial charge < -0.3 is 9.84 Å². The first-order valence-electron chi connectivity index (χ1n) is 14.5. The number of unbranched alkanes of at least 4 members (excludes halogenated alkanes) is 14. The van der Waals surface area contributed by atoms with E-state index < -0.39 is 5.60 Å². The van der Waals surface area contributed by atoms with Crippen molar-refractivity contribution in [2.45, 2.75) is 154 Å². The van der Waals surface area contributed by atoms with Crippen molar-refractivity contribution in [3.05, 3.63) is 35.9 Å². The highest BCUT2D eigenvalue weighted by molar-refractivity contribution is 5.13. The van der Waals surface area contributed by atoms with E-state index >= 15 is 0 Å². The molecule has 192 valence electrons. The van der Waals surface area contributed by atoms with E-state index in [-0.39, 0.29) is 0 Å². The van der Waals surface area contributed by atoms with Crippen LogP contribution < -0.4 is 0 Å². The maximum atomic E-state index is 11.4. The van der Waals surface area contributed by atoms with Crippen LogP contribution in [0.3, 0.4) is 0 Å². The number of aliphatic hydroxyl groups is 1. The molecule has 2 heteroatoms. The summed E-state index contributed by atoms with van der Waals surface area (Å²) in [6.45, 7) is 6.11. The van der Waals surface area contributed by atoms with E-state index in [1.807, 2.05) is 6.07 Å². The third-order valence-corrected chi connectivity index (χ3v) is 7.03. The van der Waals surface area contributed by atoms with Gasteiger partial charge in [-0.15, -0.1) is 0 Å². The van der Waals surface area contributed by atoms with Crippen LogP contribution in [-0.2, 0) is 11.3 Å². The lowest BCUT2D eigenvalue weighted by Crippen LogP contribution is -2.28. The Morgan fingerprint density at radius 2 is 1.00 bits per heavy atom. The molecule has 1 aromatic carbocycles. The summed E-state index contributed by atoms with van der Waals surface area (Å²) in [4.78, 5) is 0. The molecule has 0 aliphatic heterocycles. The molecule has 0 aliphatic rings.